The van der Waals surface area contributed by atoms with E-state index in [4.69, 9.17) is 14.7 Å². The molecule has 5 atom stereocenters. The molecular formula is C40H40N6O7. The van der Waals surface area contributed by atoms with Gasteiger partial charge in [0.05, 0.1) is 40.1 Å². The molecule has 0 radical (unpaired) electrons. The smallest absolute Gasteiger partial charge is 0.326 e. The van der Waals surface area contributed by atoms with Gasteiger partial charge in [-0.05, 0) is 48.7 Å². The molecule has 6 aromatic rings. The number of carbonyl (C=O) groups is 1. The molecule has 13 heteroatoms. The molecule has 6 N–H and O–H groups in total. The number of ether oxygens (including phenoxy) is 1. The molecule has 2 saturated heterocycles. The summed E-state index contributed by atoms with van der Waals surface area (Å²) < 4.78 is 7.09. The second-order valence-corrected chi connectivity index (χ2v) is 13.7. The molecule has 53 heavy (non-hydrogen) atoms. The molecule has 2 unspecified atom stereocenters. The van der Waals surface area contributed by atoms with Crippen LogP contribution in [0, 0.1) is 0 Å². The summed E-state index contributed by atoms with van der Waals surface area (Å²) in [5.74, 6) is -0.620. The summed E-state index contributed by atoms with van der Waals surface area (Å²) in [7, 11) is 0. The van der Waals surface area contributed by atoms with Gasteiger partial charge in [0.15, 0.2) is 6.29 Å². The number of H-pyrrole nitrogens is 1. The van der Waals surface area contributed by atoms with E-state index < -0.39 is 43.2 Å². The topological polar surface area (TPSA) is 186 Å². The highest BCUT2D eigenvalue weighted by Crippen LogP contribution is 2.32. The Hall–Kier alpha value is -5.28. The lowest BCUT2D eigenvalue weighted by Gasteiger charge is -2.40. The fraction of sp³-hybridized carbons (Fsp3) is 0.300. The summed E-state index contributed by atoms with van der Waals surface area (Å²) in [6.07, 6.45) is -4.12. The number of aliphatic hydroxyl groups is 4. The van der Waals surface area contributed by atoms with Crippen LogP contribution in [0.4, 0.5) is 0 Å². The van der Waals surface area contributed by atoms with Crippen LogP contribution in [0.5, 0.6) is 0 Å². The summed E-state index contributed by atoms with van der Waals surface area (Å²) in [4.78, 5) is 41.4. The number of amides is 1. The van der Waals surface area contributed by atoms with E-state index in [1.165, 1.54) is 0 Å². The van der Waals surface area contributed by atoms with Crippen LogP contribution < -0.4 is 11.0 Å². The van der Waals surface area contributed by atoms with Crippen molar-refractivity contribution in [2.45, 2.75) is 56.1 Å². The number of aromatic nitrogens is 4. The number of imidazole rings is 1. The third-order valence-electron chi connectivity index (χ3n) is 10.4. The number of likely N-dealkylation sites (tertiary alicyclic amines) is 1. The van der Waals surface area contributed by atoms with Crippen LogP contribution in [0.25, 0.3) is 44.6 Å². The van der Waals surface area contributed by atoms with Gasteiger partial charge in [0.2, 0.25) is 0 Å². The fourth-order valence-electron chi connectivity index (χ4n) is 7.48. The molecule has 8 rings (SSSR count). The lowest BCUT2D eigenvalue weighted by atomic mass is 9.96. The third-order valence-corrected chi connectivity index (χ3v) is 10.4. The van der Waals surface area contributed by atoms with E-state index in [-0.39, 0.29) is 17.3 Å². The predicted octanol–water partition coefficient (Wildman–Crippen LogP) is 2.97. The predicted molar refractivity (Wildman–Crippen MR) is 198 cm³/mol. The molecule has 2 aliphatic heterocycles. The number of aliphatic hydroxyl groups excluding tert-OH is 4. The first kappa shape index (κ1) is 34.8. The lowest BCUT2D eigenvalue weighted by molar-refractivity contribution is -0.252. The van der Waals surface area contributed by atoms with Crippen molar-refractivity contribution in [3.8, 4) is 22.5 Å². The first-order chi connectivity index (χ1) is 25.8. The standard InChI is InChI=1S/C40H40N6O7/c47-22-32-36(48)37(49)35(39(51)53-32)44-38(50)26-14-15-28-30(20-26)42-34(33(41-28)24-6-2-1-3-7-24)25-12-10-23(11-13-25)21-45-18-16-27(17-19-45)46-31-9-5-4-8-29(31)43-40(46)52/h1-15,20,27,32,35-37,39,47-49,51H,16-19,21-22H2,(H,43,52)(H,44,50)/t32-,35?,36-,37-,39?/m1/s1. The first-order valence-corrected chi connectivity index (χ1v) is 17.8. The Bertz CT molecular complexity index is 2300. The monoisotopic (exact) mass is 716 g/mol. The Morgan fingerprint density at radius 2 is 1.51 bits per heavy atom. The number of nitrogens with zero attached hydrogens (tertiary/aromatic N) is 4. The summed E-state index contributed by atoms with van der Waals surface area (Å²) in [6.45, 7) is 1.91. The molecule has 2 aromatic heterocycles. The van der Waals surface area contributed by atoms with Gasteiger partial charge in [-0.1, -0.05) is 66.7 Å². The van der Waals surface area contributed by atoms with Gasteiger partial charge in [-0.15, -0.1) is 0 Å². The number of benzene rings is 4. The molecule has 0 aliphatic carbocycles. The van der Waals surface area contributed by atoms with Gasteiger partial charge >= 0.3 is 5.69 Å². The Balaban J connectivity index is 1.01. The molecule has 4 heterocycles. The summed E-state index contributed by atoms with van der Waals surface area (Å²) in [6, 6.07) is 29.5. The number of piperidine rings is 1. The Kier molecular flexibility index (Phi) is 9.60. The number of fused-ring (bicyclic) bond motifs is 2. The van der Waals surface area contributed by atoms with Crippen LogP contribution >= 0.6 is 0 Å². The molecule has 0 saturated carbocycles. The van der Waals surface area contributed by atoms with Crippen LogP contribution in [0.1, 0.15) is 34.8 Å². The molecule has 0 spiro atoms. The number of nitrogens with one attached hydrogen (secondary N) is 2. The number of para-hydroxylation sites is 2. The first-order valence-electron chi connectivity index (χ1n) is 17.8. The van der Waals surface area contributed by atoms with E-state index in [1.54, 1.807) is 18.2 Å². The van der Waals surface area contributed by atoms with Crippen LogP contribution in [0.15, 0.2) is 102 Å². The number of hydrogen-bond donors (Lipinski definition) is 6. The highest BCUT2D eigenvalue weighted by Gasteiger charge is 2.44. The summed E-state index contributed by atoms with van der Waals surface area (Å²) >= 11 is 0. The fourth-order valence-corrected chi connectivity index (χ4v) is 7.48. The second kappa shape index (κ2) is 14.6. The normalized spacial score (nSPS) is 22.7. The zero-order valence-corrected chi connectivity index (χ0v) is 28.7. The van der Waals surface area contributed by atoms with Gasteiger partial charge in [-0.25, -0.2) is 14.8 Å². The third kappa shape index (κ3) is 6.86. The van der Waals surface area contributed by atoms with E-state index in [9.17, 15) is 30.0 Å². The van der Waals surface area contributed by atoms with Gasteiger partial charge < -0.3 is 35.5 Å². The maximum Gasteiger partial charge on any atom is 0.326 e. The van der Waals surface area contributed by atoms with Gasteiger partial charge in [0, 0.05) is 42.4 Å². The number of rotatable bonds is 8. The van der Waals surface area contributed by atoms with E-state index in [1.807, 2.05) is 71.3 Å². The molecule has 2 aliphatic rings. The van der Waals surface area contributed by atoms with Crippen molar-refractivity contribution in [1.29, 1.82) is 0 Å². The van der Waals surface area contributed by atoms with E-state index in [2.05, 4.69) is 27.3 Å². The van der Waals surface area contributed by atoms with Gasteiger partial charge in [-0.2, -0.15) is 0 Å². The van der Waals surface area contributed by atoms with Crippen molar-refractivity contribution in [3.05, 3.63) is 119 Å². The molecule has 0 bridgehead atoms. The SMILES string of the molecule is O=C(NC1C(O)O[C@H](CO)[C@@H](O)[C@@H]1O)c1ccc2nc(-c3ccccc3)c(-c3ccc(CN4CCC(n5c(=O)[nH]c6ccccc65)CC4)cc3)nc2c1. The zero-order chi connectivity index (χ0) is 36.6. The minimum Gasteiger partial charge on any atom is -0.394 e. The van der Waals surface area contributed by atoms with Gasteiger partial charge in [0.1, 0.15) is 24.4 Å². The molecule has 4 aromatic carbocycles. The number of hydrogen-bond acceptors (Lipinski definition) is 10. The van der Waals surface area contributed by atoms with Crippen molar-refractivity contribution in [1.82, 2.24) is 29.7 Å². The van der Waals surface area contributed by atoms with Crippen LogP contribution in [-0.4, -0.2) is 101 Å². The Morgan fingerprint density at radius 3 is 2.25 bits per heavy atom. The summed E-state index contributed by atoms with van der Waals surface area (Å²) in [5, 5.41) is 43.1. The van der Waals surface area contributed by atoms with Crippen LogP contribution in [-0.2, 0) is 11.3 Å². The Morgan fingerprint density at radius 1 is 0.830 bits per heavy atom. The molecule has 13 nitrogen and oxygen atoms in total. The van der Waals surface area contributed by atoms with Crippen molar-refractivity contribution in [3.63, 3.8) is 0 Å². The van der Waals surface area contributed by atoms with E-state index in [0.717, 1.165) is 60.2 Å². The average molecular weight is 717 g/mol. The number of carbonyl (C=O) groups excluding carboxylic acids is 1. The van der Waals surface area contributed by atoms with Gasteiger partial charge in [-0.3, -0.25) is 14.3 Å². The zero-order valence-electron chi connectivity index (χ0n) is 28.7. The maximum atomic E-state index is 13.3. The minimum absolute atomic E-state index is 0.0565. The highest BCUT2D eigenvalue weighted by atomic mass is 16.6. The van der Waals surface area contributed by atoms with E-state index in [0.29, 0.717) is 22.4 Å². The largest absolute Gasteiger partial charge is 0.394 e. The quantitative estimate of drug-likeness (QED) is 0.137. The van der Waals surface area contributed by atoms with Crippen molar-refractivity contribution < 1.29 is 30.0 Å². The molecule has 2 fully saturated rings. The minimum atomic E-state index is -1.64. The maximum absolute atomic E-state index is 13.3. The average Bonchev–Trinajstić information content (AvgIpc) is 3.53. The van der Waals surface area contributed by atoms with Crippen molar-refractivity contribution in [2.75, 3.05) is 19.7 Å². The summed E-state index contributed by atoms with van der Waals surface area (Å²) in [5.41, 5.74) is 7.23. The van der Waals surface area contributed by atoms with Gasteiger partial charge in [0.25, 0.3) is 5.91 Å². The van der Waals surface area contributed by atoms with Crippen LogP contribution in [0.3, 0.4) is 0 Å². The van der Waals surface area contributed by atoms with Crippen LogP contribution in [0.2, 0.25) is 0 Å². The second-order valence-electron chi connectivity index (χ2n) is 13.7. The molecule has 1 amide bonds. The van der Waals surface area contributed by atoms with E-state index >= 15 is 0 Å². The van der Waals surface area contributed by atoms with Crippen molar-refractivity contribution in [2.24, 2.45) is 0 Å². The highest BCUT2D eigenvalue weighted by molar-refractivity contribution is 5.98. The Labute approximate surface area is 304 Å². The molecule has 272 valence electrons. The number of aromatic amines is 1. The lowest BCUT2D eigenvalue weighted by Crippen LogP contribution is -2.64. The molecular weight excluding hydrogens is 676 g/mol. The van der Waals surface area contributed by atoms with Crippen molar-refractivity contribution >= 4 is 28.0 Å².